The molecule has 1 fully saturated rings. The van der Waals surface area contributed by atoms with E-state index in [9.17, 15) is 0 Å². The minimum absolute atomic E-state index is 0.299. The number of anilines is 1. The van der Waals surface area contributed by atoms with Crippen LogP contribution >= 0.6 is 11.3 Å². The fourth-order valence-electron chi connectivity index (χ4n) is 2.07. The molecule has 0 spiro atoms. The van der Waals surface area contributed by atoms with Gasteiger partial charge < -0.3 is 10.0 Å². The lowest BCUT2D eigenvalue weighted by Gasteiger charge is -2.31. The molecule has 4 nitrogen and oxygen atoms in total. The van der Waals surface area contributed by atoms with Crippen LogP contribution in [-0.4, -0.2) is 35.0 Å². The Morgan fingerprint density at radius 3 is 3.07 bits per heavy atom. The minimum atomic E-state index is 0.299. The van der Waals surface area contributed by atoms with Gasteiger partial charge in [-0.3, -0.25) is 0 Å². The maximum absolute atomic E-state index is 8.94. The zero-order valence-electron chi connectivity index (χ0n) is 9.02. The minimum Gasteiger partial charge on any atom is -0.396 e. The Balaban J connectivity index is 1.98. The summed E-state index contributed by atoms with van der Waals surface area (Å²) in [5.41, 5.74) is 0. The lowest BCUT2D eigenvalue weighted by atomic mass is 9.95. The molecular weight excluding hydrogens is 210 g/mol. The Hall–Kier alpha value is -0.680. The Kier molecular flexibility index (Phi) is 3.53. The van der Waals surface area contributed by atoms with Gasteiger partial charge in [0.1, 0.15) is 5.01 Å². The number of hydrogen-bond acceptors (Lipinski definition) is 5. The van der Waals surface area contributed by atoms with E-state index in [1.54, 1.807) is 11.3 Å². The van der Waals surface area contributed by atoms with Gasteiger partial charge in [-0.2, -0.15) is 0 Å². The second kappa shape index (κ2) is 4.90. The van der Waals surface area contributed by atoms with Gasteiger partial charge in [-0.15, -0.1) is 10.2 Å². The number of hydrogen-bond donors (Lipinski definition) is 1. The van der Waals surface area contributed by atoms with E-state index in [2.05, 4.69) is 15.1 Å². The van der Waals surface area contributed by atoms with Crippen molar-refractivity contribution in [3.8, 4) is 0 Å². The van der Waals surface area contributed by atoms with Crippen LogP contribution in [-0.2, 0) is 0 Å². The summed E-state index contributed by atoms with van der Waals surface area (Å²) in [6.07, 6.45) is 3.34. The van der Waals surface area contributed by atoms with Crippen molar-refractivity contribution in [1.29, 1.82) is 0 Å². The van der Waals surface area contributed by atoms with Crippen molar-refractivity contribution in [2.75, 3.05) is 24.6 Å². The zero-order valence-corrected chi connectivity index (χ0v) is 9.83. The predicted octanol–water partition coefficient (Wildman–Crippen LogP) is 1.45. The van der Waals surface area contributed by atoms with Crippen LogP contribution in [0.5, 0.6) is 0 Å². The van der Waals surface area contributed by atoms with Crippen molar-refractivity contribution >= 4 is 16.5 Å². The average Bonchev–Trinajstić information content (AvgIpc) is 2.66. The highest BCUT2D eigenvalue weighted by Crippen LogP contribution is 2.26. The topological polar surface area (TPSA) is 49.2 Å². The van der Waals surface area contributed by atoms with Gasteiger partial charge in [0.2, 0.25) is 5.13 Å². The van der Waals surface area contributed by atoms with E-state index in [-0.39, 0.29) is 0 Å². The number of aromatic nitrogens is 2. The molecule has 1 aliphatic rings. The maximum Gasteiger partial charge on any atom is 0.208 e. The molecule has 84 valence electrons. The van der Waals surface area contributed by atoms with Gasteiger partial charge in [0, 0.05) is 19.7 Å². The third kappa shape index (κ3) is 2.66. The largest absolute Gasteiger partial charge is 0.396 e. The van der Waals surface area contributed by atoms with Gasteiger partial charge in [-0.25, -0.2) is 0 Å². The van der Waals surface area contributed by atoms with Gasteiger partial charge in [0.15, 0.2) is 0 Å². The first-order valence-electron chi connectivity index (χ1n) is 5.45. The molecule has 15 heavy (non-hydrogen) atoms. The number of rotatable bonds is 3. The summed E-state index contributed by atoms with van der Waals surface area (Å²) in [5.74, 6) is 0.618. The van der Waals surface area contributed by atoms with E-state index in [4.69, 9.17) is 5.11 Å². The van der Waals surface area contributed by atoms with Crippen LogP contribution in [0.15, 0.2) is 0 Å². The van der Waals surface area contributed by atoms with Gasteiger partial charge in [0.05, 0.1) is 0 Å². The van der Waals surface area contributed by atoms with Crippen molar-refractivity contribution in [1.82, 2.24) is 10.2 Å². The molecule has 1 unspecified atom stereocenters. The molecule has 1 saturated heterocycles. The molecule has 1 aliphatic heterocycles. The molecule has 1 N–H and O–H groups in total. The number of nitrogens with zero attached hydrogens (tertiary/aromatic N) is 3. The molecule has 1 aromatic rings. The van der Waals surface area contributed by atoms with E-state index in [0.29, 0.717) is 12.5 Å². The van der Waals surface area contributed by atoms with Crippen LogP contribution in [0.3, 0.4) is 0 Å². The number of piperidine rings is 1. The van der Waals surface area contributed by atoms with Crippen molar-refractivity contribution < 1.29 is 5.11 Å². The van der Waals surface area contributed by atoms with Crippen LogP contribution in [0.25, 0.3) is 0 Å². The molecule has 0 bridgehead atoms. The highest BCUT2D eigenvalue weighted by molar-refractivity contribution is 7.15. The third-order valence-electron chi connectivity index (χ3n) is 2.84. The molecular formula is C10H17N3OS. The van der Waals surface area contributed by atoms with Crippen molar-refractivity contribution in [2.24, 2.45) is 5.92 Å². The molecule has 2 heterocycles. The molecule has 2 rings (SSSR count). The van der Waals surface area contributed by atoms with Crippen molar-refractivity contribution in [2.45, 2.75) is 26.2 Å². The van der Waals surface area contributed by atoms with Crippen LogP contribution in [0, 0.1) is 12.8 Å². The van der Waals surface area contributed by atoms with Gasteiger partial charge in [-0.1, -0.05) is 11.3 Å². The summed E-state index contributed by atoms with van der Waals surface area (Å²) in [6, 6.07) is 0. The molecule has 1 aromatic heterocycles. The lowest BCUT2D eigenvalue weighted by molar-refractivity contribution is 0.244. The SMILES string of the molecule is Cc1nnc(N2CCCC(CCO)C2)s1. The molecule has 0 amide bonds. The standard InChI is InChI=1S/C10H17N3OS/c1-8-11-12-10(15-8)13-5-2-3-9(7-13)4-6-14/h9,14H,2-7H2,1H3. The zero-order chi connectivity index (χ0) is 10.7. The summed E-state index contributed by atoms with van der Waals surface area (Å²) < 4.78 is 0. The monoisotopic (exact) mass is 227 g/mol. The van der Waals surface area contributed by atoms with Crippen LogP contribution < -0.4 is 4.90 Å². The van der Waals surface area contributed by atoms with Crippen LogP contribution in [0.4, 0.5) is 5.13 Å². The van der Waals surface area contributed by atoms with Gasteiger partial charge >= 0.3 is 0 Å². The Morgan fingerprint density at radius 1 is 1.53 bits per heavy atom. The highest BCUT2D eigenvalue weighted by Gasteiger charge is 2.21. The molecule has 1 atom stereocenters. The first-order chi connectivity index (χ1) is 7.29. The normalized spacial score (nSPS) is 22.0. The first kappa shape index (κ1) is 10.8. The second-order valence-corrected chi connectivity index (χ2v) is 5.23. The van der Waals surface area contributed by atoms with Gasteiger partial charge in [-0.05, 0) is 32.1 Å². The fourth-order valence-corrected chi connectivity index (χ4v) is 2.79. The second-order valence-electron chi connectivity index (χ2n) is 4.07. The average molecular weight is 227 g/mol. The Bertz CT molecular complexity index is 313. The van der Waals surface area contributed by atoms with Crippen LogP contribution in [0.2, 0.25) is 0 Å². The summed E-state index contributed by atoms with van der Waals surface area (Å²) in [4.78, 5) is 2.30. The Labute approximate surface area is 93.9 Å². The summed E-state index contributed by atoms with van der Waals surface area (Å²) >= 11 is 1.66. The fraction of sp³-hybridized carbons (Fsp3) is 0.800. The molecule has 0 radical (unpaired) electrons. The van der Waals surface area contributed by atoms with E-state index < -0.39 is 0 Å². The van der Waals surface area contributed by atoms with E-state index >= 15 is 0 Å². The van der Waals surface area contributed by atoms with E-state index in [0.717, 1.165) is 29.6 Å². The summed E-state index contributed by atoms with van der Waals surface area (Å²) in [5, 5.41) is 19.2. The number of aliphatic hydroxyl groups is 1. The van der Waals surface area contributed by atoms with E-state index in [1.165, 1.54) is 12.8 Å². The smallest absolute Gasteiger partial charge is 0.208 e. The predicted molar refractivity (Wildman–Crippen MR) is 61.3 cm³/mol. The Morgan fingerprint density at radius 2 is 2.40 bits per heavy atom. The molecule has 0 aliphatic carbocycles. The van der Waals surface area contributed by atoms with Gasteiger partial charge in [0.25, 0.3) is 0 Å². The first-order valence-corrected chi connectivity index (χ1v) is 6.27. The van der Waals surface area contributed by atoms with Crippen molar-refractivity contribution in [3.63, 3.8) is 0 Å². The molecule has 0 saturated carbocycles. The summed E-state index contributed by atoms with van der Waals surface area (Å²) in [7, 11) is 0. The quantitative estimate of drug-likeness (QED) is 0.849. The van der Waals surface area contributed by atoms with Crippen molar-refractivity contribution in [3.05, 3.63) is 5.01 Å². The maximum atomic E-state index is 8.94. The lowest BCUT2D eigenvalue weighted by Crippen LogP contribution is -2.35. The molecule has 0 aromatic carbocycles. The molecule has 5 heteroatoms. The van der Waals surface area contributed by atoms with Crippen LogP contribution in [0.1, 0.15) is 24.3 Å². The van der Waals surface area contributed by atoms with E-state index in [1.807, 2.05) is 6.92 Å². The summed E-state index contributed by atoms with van der Waals surface area (Å²) in [6.45, 7) is 4.38. The highest BCUT2D eigenvalue weighted by atomic mass is 32.1. The number of aliphatic hydroxyl groups excluding tert-OH is 1. The third-order valence-corrected chi connectivity index (χ3v) is 3.74. The number of aryl methyl sites for hydroxylation is 1.